The van der Waals surface area contributed by atoms with Gasteiger partial charge in [-0.2, -0.15) is 5.10 Å². The van der Waals surface area contributed by atoms with Gasteiger partial charge in [0.2, 0.25) is 0 Å². The van der Waals surface area contributed by atoms with E-state index in [1.807, 2.05) is 0 Å². The standard InChI is InChI=1S/C11H11F2N3O2/c1-18-5-2-6(8-4-9(14)16-15-8)10(17)7(3-5)11(12)13/h2-4,11,17H,1H3,(H3,14,15,16). The second-order valence-electron chi connectivity index (χ2n) is 3.62. The molecular weight excluding hydrogens is 244 g/mol. The molecule has 0 amide bonds. The van der Waals surface area contributed by atoms with E-state index in [9.17, 15) is 13.9 Å². The number of phenolic OH excluding ortho intramolecular Hbond substituents is 1. The minimum atomic E-state index is -2.81. The van der Waals surface area contributed by atoms with Crippen LogP contribution in [0.4, 0.5) is 14.6 Å². The maximum Gasteiger partial charge on any atom is 0.267 e. The molecule has 18 heavy (non-hydrogen) atoms. The van der Waals surface area contributed by atoms with Crippen LogP contribution in [0, 0.1) is 0 Å². The first-order valence-corrected chi connectivity index (χ1v) is 5.03. The molecule has 5 nitrogen and oxygen atoms in total. The van der Waals surface area contributed by atoms with Gasteiger partial charge in [0.05, 0.1) is 18.4 Å². The Hall–Kier alpha value is -2.31. The molecule has 7 heteroatoms. The molecule has 0 unspecified atom stereocenters. The molecule has 0 atom stereocenters. The van der Waals surface area contributed by atoms with E-state index >= 15 is 0 Å². The molecule has 96 valence electrons. The number of rotatable bonds is 3. The molecule has 0 saturated heterocycles. The number of ether oxygens (including phenoxy) is 1. The summed E-state index contributed by atoms with van der Waals surface area (Å²) in [6.45, 7) is 0. The predicted octanol–water partition coefficient (Wildman–Crippen LogP) is 2.31. The molecule has 0 aliphatic rings. The zero-order chi connectivity index (χ0) is 13.3. The van der Waals surface area contributed by atoms with Gasteiger partial charge in [0.25, 0.3) is 6.43 Å². The zero-order valence-corrected chi connectivity index (χ0v) is 9.45. The number of benzene rings is 1. The van der Waals surface area contributed by atoms with Crippen molar-refractivity contribution in [1.29, 1.82) is 0 Å². The van der Waals surface area contributed by atoms with Crippen LogP contribution in [-0.2, 0) is 0 Å². The van der Waals surface area contributed by atoms with Gasteiger partial charge in [-0.25, -0.2) is 8.78 Å². The average Bonchev–Trinajstić information content (AvgIpc) is 2.75. The number of phenols is 1. The highest BCUT2D eigenvalue weighted by molar-refractivity contribution is 5.72. The Kier molecular flexibility index (Phi) is 3.05. The summed E-state index contributed by atoms with van der Waals surface area (Å²) in [4.78, 5) is 0. The van der Waals surface area contributed by atoms with Crippen LogP contribution in [-0.4, -0.2) is 22.4 Å². The van der Waals surface area contributed by atoms with E-state index in [-0.39, 0.29) is 17.1 Å². The van der Waals surface area contributed by atoms with E-state index < -0.39 is 17.7 Å². The second kappa shape index (κ2) is 4.52. The lowest BCUT2D eigenvalue weighted by molar-refractivity contribution is 0.147. The summed E-state index contributed by atoms with van der Waals surface area (Å²) in [6, 6.07) is 3.95. The van der Waals surface area contributed by atoms with Crippen LogP contribution in [0.2, 0.25) is 0 Å². The number of aromatic nitrogens is 2. The van der Waals surface area contributed by atoms with Crippen LogP contribution in [0.1, 0.15) is 12.0 Å². The fourth-order valence-corrected chi connectivity index (χ4v) is 1.59. The summed E-state index contributed by atoms with van der Waals surface area (Å²) in [7, 11) is 1.35. The van der Waals surface area contributed by atoms with Crippen LogP contribution in [0.5, 0.6) is 11.5 Å². The summed E-state index contributed by atoms with van der Waals surface area (Å²) >= 11 is 0. The Balaban J connectivity index is 2.62. The lowest BCUT2D eigenvalue weighted by atomic mass is 10.1. The molecule has 1 aromatic carbocycles. The Morgan fingerprint density at radius 1 is 1.39 bits per heavy atom. The summed E-state index contributed by atoms with van der Waals surface area (Å²) in [5.41, 5.74) is 5.43. The molecule has 0 saturated carbocycles. The number of aromatic amines is 1. The van der Waals surface area contributed by atoms with Crippen LogP contribution in [0.3, 0.4) is 0 Å². The number of hydrogen-bond acceptors (Lipinski definition) is 4. The van der Waals surface area contributed by atoms with Gasteiger partial charge >= 0.3 is 0 Å². The highest BCUT2D eigenvalue weighted by Crippen LogP contribution is 2.39. The van der Waals surface area contributed by atoms with E-state index in [0.717, 1.165) is 6.07 Å². The molecule has 0 radical (unpaired) electrons. The normalized spacial score (nSPS) is 10.9. The second-order valence-corrected chi connectivity index (χ2v) is 3.62. The number of halogens is 2. The molecule has 2 aromatic rings. The first-order valence-electron chi connectivity index (χ1n) is 5.03. The van der Waals surface area contributed by atoms with E-state index in [1.165, 1.54) is 19.2 Å². The fraction of sp³-hybridized carbons (Fsp3) is 0.182. The quantitative estimate of drug-likeness (QED) is 0.785. The van der Waals surface area contributed by atoms with Crippen molar-refractivity contribution in [3.8, 4) is 22.8 Å². The maximum atomic E-state index is 12.8. The summed E-state index contributed by atoms with van der Waals surface area (Å²) < 4.78 is 30.5. The molecule has 0 aliphatic heterocycles. The highest BCUT2D eigenvalue weighted by Gasteiger charge is 2.19. The van der Waals surface area contributed by atoms with Crippen LogP contribution in [0.25, 0.3) is 11.3 Å². The first kappa shape index (κ1) is 12.2. The zero-order valence-electron chi connectivity index (χ0n) is 9.45. The molecule has 0 aliphatic carbocycles. The van der Waals surface area contributed by atoms with Gasteiger partial charge in [-0.3, -0.25) is 5.10 Å². The molecule has 0 spiro atoms. The lowest BCUT2D eigenvalue weighted by Gasteiger charge is -2.10. The average molecular weight is 255 g/mol. The van der Waals surface area contributed by atoms with Crippen LogP contribution >= 0.6 is 0 Å². The Labute approximate surface area is 101 Å². The minimum Gasteiger partial charge on any atom is -0.507 e. The van der Waals surface area contributed by atoms with E-state index in [1.54, 1.807) is 0 Å². The third-order valence-corrected chi connectivity index (χ3v) is 2.47. The number of anilines is 1. The van der Waals surface area contributed by atoms with E-state index in [0.29, 0.717) is 5.69 Å². The summed E-state index contributed by atoms with van der Waals surface area (Å²) in [5.74, 6) is -0.105. The topological polar surface area (TPSA) is 84.2 Å². The number of alkyl halides is 2. The number of methoxy groups -OCH3 is 1. The maximum absolute atomic E-state index is 12.8. The number of nitrogens with zero attached hydrogens (tertiary/aromatic N) is 1. The monoisotopic (exact) mass is 255 g/mol. The fourth-order valence-electron chi connectivity index (χ4n) is 1.59. The molecular formula is C11H11F2N3O2. The van der Waals surface area contributed by atoms with Crippen molar-refractivity contribution in [2.75, 3.05) is 12.8 Å². The van der Waals surface area contributed by atoms with Gasteiger partial charge in [-0.05, 0) is 12.1 Å². The molecule has 0 fully saturated rings. The molecule has 1 aromatic heterocycles. The van der Waals surface area contributed by atoms with E-state index in [4.69, 9.17) is 10.5 Å². The van der Waals surface area contributed by atoms with Crippen LogP contribution in [0.15, 0.2) is 18.2 Å². The van der Waals surface area contributed by atoms with Crippen molar-refractivity contribution >= 4 is 5.82 Å². The highest BCUT2D eigenvalue weighted by atomic mass is 19.3. The van der Waals surface area contributed by atoms with Gasteiger partial charge in [0.15, 0.2) is 0 Å². The third-order valence-electron chi connectivity index (χ3n) is 2.47. The molecule has 0 bridgehead atoms. The SMILES string of the molecule is COc1cc(-c2cc(N)n[nH]2)c(O)c(C(F)F)c1. The molecule has 4 N–H and O–H groups in total. The van der Waals surface area contributed by atoms with Crippen molar-refractivity contribution in [3.05, 3.63) is 23.8 Å². The van der Waals surface area contributed by atoms with Crippen LogP contribution < -0.4 is 10.5 Å². The largest absolute Gasteiger partial charge is 0.507 e. The summed E-state index contributed by atoms with van der Waals surface area (Å²) in [6.07, 6.45) is -2.81. The first-order chi connectivity index (χ1) is 8.52. The number of hydrogen-bond donors (Lipinski definition) is 3. The van der Waals surface area contributed by atoms with Gasteiger partial charge < -0.3 is 15.6 Å². The number of nitrogens with one attached hydrogen (secondary N) is 1. The van der Waals surface area contributed by atoms with Gasteiger partial charge in [0, 0.05) is 11.6 Å². The van der Waals surface area contributed by atoms with Crippen molar-refractivity contribution < 1.29 is 18.6 Å². The predicted molar refractivity (Wildman–Crippen MR) is 61.6 cm³/mol. The Morgan fingerprint density at radius 2 is 2.11 bits per heavy atom. The van der Waals surface area contributed by atoms with Gasteiger partial charge in [-0.1, -0.05) is 0 Å². The smallest absolute Gasteiger partial charge is 0.267 e. The van der Waals surface area contributed by atoms with Crippen molar-refractivity contribution in [2.24, 2.45) is 0 Å². The number of aromatic hydroxyl groups is 1. The lowest BCUT2D eigenvalue weighted by Crippen LogP contribution is -1.92. The summed E-state index contributed by atoms with van der Waals surface area (Å²) in [5, 5.41) is 16.0. The van der Waals surface area contributed by atoms with Gasteiger partial charge in [0.1, 0.15) is 17.3 Å². The van der Waals surface area contributed by atoms with E-state index in [2.05, 4.69) is 10.2 Å². The Bertz CT molecular complexity index is 569. The van der Waals surface area contributed by atoms with Crippen molar-refractivity contribution in [1.82, 2.24) is 10.2 Å². The molecule has 1 heterocycles. The number of nitrogens with two attached hydrogens (primary N) is 1. The van der Waals surface area contributed by atoms with Gasteiger partial charge in [-0.15, -0.1) is 0 Å². The number of H-pyrrole nitrogens is 1. The van der Waals surface area contributed by atoms with Crippen molar-refractivity contribution in [2.45, 2.75) is 6.43 Å². The minimum absolute atomic E-state index is 0.161. The number of nitrogen functional groups attached to an aromatic ring is 1. The van der Waals surface area contributed by atoms with Crippen molar-refractivity contribution in [3.63, 3.8) is 0 Å². The Morgan fingerprint density at radius 3 is 2.61 bits per heavy atom. The third kappa shape index (κ3) is 2.06. The molecule has 2 rings (SSSR count).